The lowest BCUT2D eigenvalue weighted by Crippen LogP contribution is -2.34. The number of hydrogen-bond acceptors (Lipinski definition) is 5. The monoisotopic (exact) mass is 416 g/mol. The molecular weight excluding hydrogens is 399 g/mol. The fourth-order valence-electron chi connectivity index (χ4n) is 3.14. The zero-order valence-electron chi connectivity index (χ0n) is 15.3. The Morgan fingerprint density at radius 3 is 2.90 bits per heavy atom. The van der Waals surface area contributed by atoms with E-state index in [2.05, 4.69) is 10.3 Å². The van der Waals surface area contributed by atoms with Crippen LogP contribution in [0.4, 0.5) is 10.1 Å². The summed E-state index contributed by atoms with van der Waals surface area (Å²) in [7, 11) is 0. The Morgan fingerprint density at radius 2 is 2.14 bits per heavy atom. The first kappa shape index (κ1) is 19.4. The summed E-state index contributed by atoms with van der Waals surface area (Å²) in [6.45, 7) is 1.07. The summed E-state index contributed by atoms with van der Waals surface area (Å²) in [5.41, 5.74) is 0.796. The maximum Gasteiger partial charge on any atom is 0.256 e. The molecule has 6 nitrogen and oxygen atoms in total. The lowest BCUT2D eigenvalue weighted by atomic mass is 10.1. The van der Waals surface area contributed by atoms with Crippen molar-refractivity contribution in [1.29, 1.82) is 0 Å². The average molecular weight is 417 g/mol. The van der Waals surface area contributed by atoms with Gasteiger partial charge in [-0.3, -0.25) is 4.79 Å². The third kappa shape index (κ3) is 4.41. The van der Waals surface area contributed by atoms with E-state index in [4.69, 9.17) is 20.8 Å². The largest absolute Gasteiger partial charge is 0.508 e. The van der Waals surface area contributed by atoms with Gasteiger partial charge < -0.3 is 19.6 Å². The number of aromatic hydroxyl groups is 1. The minimum atomic E-state index is -0.496. The van der Waals surface area contributed by atoms with Crippen molar-refractivity contribution in [2.75, 3.05) is 13.2 Å². The number of fused-ring (bicyclic) bond motifs is 1. The number of halogens is 2. The highest BCUT2D eigenvalue weighted by Gasteiger charge is 2.19. The van der Waals surface area contributed by atoms with E-state index in [1.165, 1.54) is 24.3 Å². The molecule has 1 amide bonds. The molecule has 1 saturated heterocycles. The molecule has 8 heteroatoms. The van der Waals surface area contributed by atoms with Crippen molar-refractivity contribution >= 4 is 34.2 Å². The molecular formula is C21H18ClFN2O4. The fraction of sp³-hybridized carbons (Fsp3) is 0.238. The van der Waals surface area contributed by atoms with Crippen LogP contribution in [0.1, 0.15) is 23.2 Å². The van der Waals surface area contributed by atoms with Crippen LogP contribution in [0, 0.1) is 5.82 Å². The van der Waals surface area contributed by atoms with Crippen LogP contribution in [-0.2, 0) is 4.74 Å². The molecule has 1 aromatic heterocycles. The van der Waals surface area contributed by atoms with Gasteiger partial charge in [0.15, 0.2) is 0 Å². The van der Waals surface area contributed by atoms with Crippen LogP contribution < -0.4 is 10.9 Å². The number of nitrogens with zero attached hydrogens (tertiary/aromatic N) is 1. The molecule has 1 unspecified atom stereocenters. The molecule has 29 heavy (non-hydrogen) atoms. The number of nitrogens with one attached hydrogen (secondary N) is 1. The van der Waals surface area contributed by atoms with Crippen molar-refractivity contribution in [1.82, 2.24) is 5.32 Å². The van der Waals surface area contributed by atoms with Gasteiger partial charge >= 0.3 is 0 Å². The highest BCUT2D eigenvalue weighted by molar-refractivity contribution is 6.32. The zero-order valence-corrected chi connectivity index (χ0v) is 16.1. The molecule has 0 bridgehead atoms. The number of rotatable bonds is 4. The van der Waals surface area contributed by atoms with Crippen LogP contribution in [0.5, 0.6) is 5.75 Å². The topological polar surface area (TPSA) is 84.1 Å². The molecule has 2 heterocycles. The van der Waals surface area contributed by atoms with E-state index in [1.54, 1.807) is 12.1 Å². The maximum absolute atomic E-state index is 13.3. The van der Waals surface area contributed by atoms with Gasteiger partial charge in [0.05, 0.1) is 16.8 Å². The summed E-state index contributed by atoms with van der Waals surface area (Å²) in [5, 5.41) is 13.3. The predicted octanol–water partition coefficient (Wildman–Crippen LogP) is 4.07. The molecule has 3 aromatic rings. The smallest absolute Gasteiger partial charge is 0.256 e. The second kappa shape index (κ2) is 8.23. The van der Waals surface area contributed by atoms with E-state index < -0.39 is 5.82 Å². The van der Waals surface area contributed by atoms with Crippen LogP contribution in [0.15, 0.2) is 51.9 Å². The van der Waals surface area contributed by atoms with Gasteiger partial charge in [-0.1, -0.05) is 11.6 Å². The quantitative estimate of drug-likeness (QED) is 0.671. The summed E-state index contributed by atoms with van der Waals surface area (Å²) in [5.74, 6) is -0.859. The summed E-state index contributed by atoms with van der Waals surface area (Å²) in [4.78, 5) is 17.2. The molecule has 1 fully saturated rings. The van der Waals surface area contributed by atoms with Crippen molar-refractivity contribution in [3.63, 3.8) is 0 Å². The molecule has 150 valence electrons. The van der Waals surface area contributed by atoms with Crippen molar-refractivity contribution < 1.29 is 23.4 Å². The SMILES string of the molecule is O=C(NCC1CCCO1)c1cc2ccc(O)cc2oc1=Nc1ccc(F)cc1Cl. The number of ether oxygens (including phenoxy) is 1. The van der Waals surface area contributed by atoms with E-state index in [1.807, 2.05) is 0 Å². The Balaban J connectivity index is 1.78. The number of phenols is 1. The van der Waals surface area contributed by atoms with Crippen molar-refractivity contribution in [3.8, 4) is 5.75 Å². The molecule has 4 rings (SSSR count). The number of benzene rings is 2. The second-order valence-electron chi connectivity index (χ2n) is 6.74. The van der Waals surface area contributed by atoms with Crippen molar-refractivity contribution in [2.45, 2.75) is 18.9 Å². The first-order chi connectivity index (χ1) is 14.0. The van der Waals surface area contributed by atoms with Gasteiger partial charge in [-0.2, -0.15) is 0 Å². The molecule has 2 N–H and O–H groups in total. The first-order valence-electron chi connectivity index (χ1n) is 9.16. The second-order valence-corrected chi connectivity index (χ2v) is 7.15. The Kier molecular flexibility index (Phi) is 5.51. The molecule has 0 aliphatic carbocycles. The maximum atomic E-state index is 13.3. The third-order valence-corrected chi connectivity index (χ3v) is 4.93. The van der Waals surface area contributed by atoms with Crippen LogP contribution >= 0.6 is 11.6 Å². The summed E-state index contributed by atoms with van der Waals surface area (Å²) < 4.78 is 24.7. The number of phenolic OH excluding ortho intramolecular Hbond substituents is 1. The molecule has 0 radical (unpaired) electrons. The van der Waals surface area contributed by atoms with Crippen LogP contribution in [0.2, 0.25) is 5.02 Å². The molecule has 0 spiro atoms. The van der Waals surface area contributed by atoms with E-state index in [-0.39, 0.29) is 39.6 Å². The minimum Gasteiger partial charge on any atom is -0.508 e. The molecule has 1 aliphatic rings. The molecule has 1 atom stereocenters. The van der Waals surface area contributed by atoms with Gasteiger partial charge in [0.1, 0.15) is 22.7 Å². The van der Waals surface area contributed by atoms with E-state index in [9.17, 15) is 14.3 Å². The normalized spacial score (nSPS) is 17.0. The van der Waals surface area contributed by atoms with Crippen molar-refractivity contribution in [2.24, 2.45) is 4.99 Å². The van der Waals surface area contributed by atoms with Gasteiger partial charge in [0, 0.05) is 24.6 Å². The van der Waals surface area contributed by atoms with E-state index in [0.717, 1.165) is 18.9 Å². The molecule has 1 aliphatic heterocycles. The van der Waals surface area contributed by atoms with Gasteiger partial charge in [0.2, 0.25) is 5.55 Å². The van der Waals surface area contributed by atoms with Crippen LogP contribution in [-0.4, -0.2) is 30.3 Å². The Labute approximate surface area is 170 Å². The standard InChI is InChI=1S/C21H18ClFN2O4/c22-17-9-13(23)4-6-18(17)25-21-16(20(27)24-11-15-2-1-7-28-15)8-12-3-5-14(26)10-19(12)29-21/h3-6,8-10,15,26H,1-2,7,11H2,(H,24,27). The van der Waals surface area contributed by atoms with E-state index >= 15 is 0 Å². The molecule has 2 aromatic carbocycles. The summed E-state index contributed by atoms with van der Waals surface area (Å²) in [6.07, 6.45) is 1.85. The molecule has 0 saturated carbocycles. The fourth-order valence-corrected chi connectivity index (χ4v) is 3.35. The van der Waals surface area contributed by atoms with Crippen molar-refractivity contribution in [3.05, 3.63) is 64.4 Å². The highest BCUT2D eigenvalue weighted by Crippen LogP contribution is 2.25. The number of amides is 1. The third-order valence-electron chi connectivity index (χ3n) is 4.62. The van der Waals surface area contributed by atoms with Crippen LogP contribution in [0.25, 0.3) is 11.0 Å². The lowest BCUT2D eigenvalue weighted by Gasteiger charge is -2.11. The first-order valence-corrected chi connectivity index (χ1v) is 9.54. The van der Waals surface area contributed by atoms with E-state index in [0.29, 0.717) is 24.1 Å². The Bertz CT molecular complexity index is 1140. The number of carbonyl (C=O) groups is 1. The lowest BCUT2D eigenvalue weighted by molar-refractivity contribution is 0.0854. The zero-order chi connectivity index (χ0) is 20.4. The Morgan fingerprint density at radius 1 is 1.28 bits per heavy atom. The predicted molar refractivity (Wildman–Crippen MR) is 106 cm³/mol. The summed E-state index contributed by atoms with van der Waals surface area (Å²) in [6, 6.07) is 9.93. The average Bonchev–Trinajstić information content (AvgIpc) is 3.21. The van der Waals surface area contributed by atoms with Gasteiger partial charge in [-0.05, 0) is 49.2 Å². The number of carbonyl (C=O) groups excluding carboxylic acids is 1. The van der Waals surface area contributed by atoms with Gasteiger partial charge in [-0.25, -0.2) is 9.38 Å². The highest BCUT2D eigenvalue weighted by atomic mass is 35.5. The van der Waals surface area contributed by atoms with Crippen LogP contribution in [0.3, 0.4) is 0 Å². The summed E-state index contributed by atoms with van der Waals surface area (Å²) >= 11 is 6.07. The number of hydrogen-bond donors (Lipinski definition) is 2. The minimum absolute atomic E-state index is 0.00134. The Hall–Kier alpha value is -2.90. The van der Waals surface area contributed by atoms with Gasteiger partial charge in [-0.15, -0.1) is 0 Å². The van der Waals surface area contributed by atoms with Gasteiger partial charge in [0.25, 0.3) is 5.91 Å².